The quantitative estimate of drug-likeness (QED) is 0.863. The molecule has 1 N–H and O–H groups in total. The predicted molar refractivity (Wildman–Crippen MR) is 70.6 cm³/mol. The van der Waals surface area contributed by atoms with Crippen LogP contribution < -0.4 is 9.47 Å². The molecule has 0 atom stereocenters. The lowest BCUT2D eigenvalue weighted by atomic mass is 10.3. The number of carboxylic acid groups (broad SMARTS) is 1. The number of ether oxygens (including phenoxy) is 2. The van der Waals surface area contributed by atoms with Crippen LogP contribution in [0.3, 0.4) is 0 Å². The van der Waals surface area contributed by atoms with Gasteiger partial charge in [0.05, 0.1) is 18.2 Å². The fourth-order valence-corrected chi connectivity index (χ4v) is 2.60. The number of carbonyl (C=O) groups is 1. The molecule has 2 rings (SSSR count). The van der Waals surface area contributed by atoms with Crippen molar-refractivity contribution in [2.24, 2.45) is 4.99 Å². The molecule has 0 aromatic heterocycles. The van der Waals surface area contributed by atoms with E-state index in [0.29, 0.717) is 11.5 Å². The van der Waals surface area contributed by atoms with Crippen molar-refractivity contribution >= 4 is 20.9 Å². The highest BCUT2D eigenvalue weighted by molar-refractivity contribution is 8.11. The van der Waals surface area contributed by atoms with Gasteiger partial charge >= 0.3 is 5.97 Å². The van der Waals surface area contributed by atoms with Crippen LogP contribution >= 0.6 is 0 Å². The van der Waals surface area contributed by atoms with Crippen LogP contribution in [-0.4, -0.2) is 38.3 Å². The lowest BCUT2D eigenvalue weighted by Gasteiger charge is -2.05. The summed E-state index contributed by atoms with van der Waals surface area (Å²) >= 11 is 0. The van der Waals surface area contributed by atoms with Crippen LogP contribution in [0.25, 0.3) is 0 Å². The molecule has 8 heteroatoms. The molecule has 20 heavy (non-hydrogen) atoms. The van der Waals surface area contributed by atoms with Gasteiger partial charge in [-0.25, -0.2) is 18.2 Å². The summed E-state index contributed by atoms with van der Waals surface area (Å²) < 4.78 is 33.2. The highest BCUT2D eigenvalue weighted by Crippen LogP contribution is 2.20. The number of methoxy groups -OCH3 is 1. The fourth-order valence-electron chi connectivity index (χ4n) is 1.52. The van der Waals surface area contributed by atoms with Gasteiger partial charge in [-0.2, -0.15) is 0 Å². The summed E-state index contributed by atoms with van der Waals surface area (Å²) in [5, 5.41) is 8.62. The van der Waals surface area contributed by atoms with Crippen molar-refractivity contribution in [2.45, 2.75) is 0 Å². The van der Waals surface area contributed by atoms with Crippen molar-refractivity contribution in [1.82, 2.24) is 0 Å². The molecule has 0 saturated heterocycles. The van der Waals surface area contributed by atoms with E-state index in [1.807, 2.05) is 0 Å². The van der Waals surface area contributed by atoms with Crippen molar-refractivity contribution in [3.05, 3.63) is 35.4 Å². The Morgan fingerprint density at radius 2 is 1.85 bits per heavy atom. The third-order valence-electron chi connectivity index (χ3n) is 2.43. The van der Waals surface area contributed by atoms with Gasteiger partial charge in [0, 0.05) is 0 Å². The van der Waals surface area contributed by atoms with Crippen LogP contribution in [0.1, 0.15) is 0 Å². The summed E-state index contributed by atoms with van der Waals surface area (Å²) in [4.78, 5) is 14.2. The zero-order valence-electron chi connectivity index (χ0n) is 10.4. The topological polar surface area (TPSA) is 102 Å². The molecular weight excluding hydrogens is 286 g/mol. The highest BCUT2D eigenvalue weighted by Gasteiger charge is 2.31. The zero-order chi connectivity index (χ0) is 14.8. The van der Waals surface area contributed by atoms with E-state index in [1.165, 1.54) is 7.11 Å². The van der Waals surface area contributed by atoms with Gasteiger partial charge in [0.2, 0.25) is 14.9 Å². The smallest absolute Gasteiger partial charge is 0.366 e. The number of hydrogen-bond acceptors (Lipinski definition) is 6. The number of aliphatic carboxylic acids is 1. The van der Waals surface area contributed by atoms with Gasteiger partial charge < -0.3 is 14.6 Å². The summed E-state index contributed by atoms with van der Waals surface area (Å²) in [6.45, 7) is -0.137. The molecular formula is C12H11NO6S. The zero-order valence-corrected chi connectivity index (χ0v) is 11.3. The summed E-state index contributed by atoms with van der Waals surface area (Å²) in [6.07, 6.45) is 0. The van der Waals surface area contributed by atoms with Crippen LogP contribution in [0.2, 0.25) is 0 Å². The second-order valence-corrected chi connectivity index (χ2v) is 5.55. The maximum absolute atomic E-state index is 11.4. The molecule has 0 saturated carbocycles. The summed E-state index contributed by atoms with van der Waals surface area (Å²) in [6, 6.07) is 6.65. The Bertz CT molecular complexity index is 687. The number of carboxylic acids is 1. The largest absolute Gasteiger partial charge is 0.497 e. The minimum Gasteiger partial charge on any atom is -0.497 e. The first-order valence-corrected chi connectivity index (χ1v) is 7.01. The van der Waals surface area contributed by atoms with Gasteiger partial charge in [-0.1, -0.05) is 0 Å². The van der Waals surface area contributed by atoms with E-state index in [2.05, 4.69) is 4.99 Å². The first-order valence-electron chi connectivity index (χ1n) is 5.47. The first-order chi connectivity index (χ1) is 9.42. The Morgan fingerprint density at radius 1 is 1.25 bits per heavy atom. The monoisotopic (exact) mass is 297 g/mol. The highest BCUT2D eigenvalue weighted by atomic mass is 32.2. The van der Waals surface area contributed by atoms with E-state index < -0.39 is 20.9 Å². The molecule has 1 aliphatic heterocycles. The fraction of sp³-hybridized carbons (Fsp3) is 0.167. The average Bonchev–Trinajstić information content (AvgIpc) is 2.72. The van der Waals surface area contributed by atoms with Gasteiger partial charge in [0.1, 0.15) is 18.1 Å². The van der Waals surface area contributed by atoms with Crippen molar-refractivity contribution in [1.29, 1.82) is 0 Å². The lowest BCUT2D eigenvalue weighted by molar-refractivity contribution is -0.129. The van der Waals surface area contributed by atoms with Crippen LogP contribution in [0.15, 0.2) is 40.4 Å². The normalized spacial score (nSPS) is 16.2. The maximum Gasteiger partial charge on any atom is 0.366 e. The van der Waals surface area contributed by atoms with Gasteiger partial charge in [-0.3, -0.25) is 0 Å². The average molecular weight is 297 g/mol. The molecule has 0 fully saturated rings. The number of nitrogens with zero attached hydrogens (tertiary/aromatic N) is 1. The van der Waals surface area contributed by atoms with Crippen LogP contribution in [0, 0.1) is 0 Å². The summed E-state index contributed by atoms with van der Waals surface area (Å²) in [7, 11) is -2.43. The van der Waals surface area contributed by atoms with Gasteiger partial charge in [-0.05, 0) is 24.3 Å². The third kappa shape index (κ3) is 2.97. The molecule has 106 valence electrons. The van der Waals surface area contributed by atoms with Crippen LogP contribution in [-0.2, 0) is 14.6 Å². The van der Waals surface area contributed by atoms with Crippen molar-refractivity contribution in [3.8, 4) is 11.5 Å². The Balaban J connectivity index is 2.06. The molecule has 0 spiro atoms. The van der Waals surface area contributed by atoms with E-state index in [1.54, 1.807) is 24.3 Å². The molecule has 1 aliphatic rings. The van der Waals surface area contributed by atoms with Crippen molar-refractivity contribution < 1.29 is 27.8 Å². The Hall–Kier alpha value is -2.35. The molecule has 7 nitrogen and oxygen atoms in total. The van der Waals surface area contributed by atoms with Gasteiger partial charge in [0.25, 0.3) is 0 Å². The van der Waals surface area contributed by atoms with Crippen LogP contribution in [0.4, 0.5) is 0 Å². The molecule has 1 aromatic rings. The Kier molecular flexibility index (Phi) is 3.75. The maximum atomic E-state index is 11.4. The minimum atomic E-state index is -3.96. The number of rotatable bonds is 5. The van der Waals surface area contributed by atoms with E-state index in [9.17, 15) is 13.2 Å². The van der Waals surface area contributed by atoms with Crippen molar-refractivity contribution in [3.63, 3.8) is 0 Å². The SMILES string of the molecule is COc1ccc(OCC2=CS(=O)(=O)C(C(=O)O)=N2)cc1. The summed E-state index contributed by atoms with van der Waals surface area (Å²) in [5.74, 6) is -0.435. The molecule has 1 aromatic carbocycles. The molecule has 0 amide bonds. The second-order valence-electron chi connectivity index (χ2n) is 3.84. The Labute approximate surface area is 115 Å². The Morgan fingerprint density at radius 3 is 2.35 bits per heavy atom. The predicted octanol–water partition coefficient (Wildman–Crippen LogP) is 0.827. The second kappa shape index (κ2) is 5.33. The molecule has 0 aliphatic carbocycles. The minimum absolute atomic E-state index is 0.0400. The number of benzene rings is 1. The van der Waals surface area contributed by atoms with Gasteiger partial charge in [0.15, 0.2) is 0 Å². The molecule has 1 heterocycles. The lowest BCUT2D eigenvalue weighted by Crippen LogP contribution is -2.19. The van der Waals surface area contributed by atoms with Crippen molar-refractivity contribution in [2.75, 3.05) is 13.7 Å². The molecule has 0 unspecified atom stereocenters. The number of aliphatic imine (C=N–C) groups is 1. The first kappa shape index (κ1) is 14.1. The van der Waals surface area contributed by atoms with Crippen LogP contribution in [0.5, 0.6) is 11.5 Å². The number of hydrogen-bond donors (Lipinski definition) is 1. The van der Waals surface area contributed by atoms with Gasteiger partial charge in [-0.15, -0.1) is 0 Å². The number of sulfone groups is 1. The van der Waals surface area contributed by atoms with E-state index in [0.717, 1.165) is 5.41 Å². The van der Waals surface area contributed by atoms with E-state index in [-0.39, 0.29) is 12.3 Å². The molecule has 0 bridgehead atoms. The van der Waals surface area contributed by atoms with E-state index >= 15 is 0 Å². The molecule has 0 radical (unpaired) electrons. The summed E-state index contributed by atoms with van der Waals surface area (Å²) in [5.41, 5.74) is 0.0400. The van der Waals surface area contributed by atoms with E-state index in [4.69, 9.17) is 14.6 Å². The third-order valence-corrected chi connectivity index (χ3v) is 3.82. The standard InChI is InChI=1S/C12H11NO6S/c1-18-9-2-4-10(5-3-9)19-6-8-7-20(16,17)11(13-8)12(14)15/h2-5,7H,6H2,1H3,(H,14,15).